The quantitative estimate of drug-likeness (QED) is 0.220. The molecule has 30 heavy (non-hydrogen) atoms. The largest absolute Gasteiger partial charge is 0.484 e. The minimum Gasteiger partial charge on any atom is -0.484 e. The summed E-state index contributed by atoms with van der Waals surface area (Å²) in [6.07, 6.45) is 19.5. The first-order valence-corrected chi connectivity index (χ1v) is 13.4. The maximum absolute atomic E-state index is 6.00. The number of hydrogen-bond donors (Lipinski definition) is 0. The normalized spacial score (nSPS) is 11.4. The topological polar surface area (TPSA) is 35.0 Å². The summed E-state index contributed by atoms with van der Waals surface area (Å²) in [6.45, 7) is 5.32. The van der Waals surface area contributed by atoms with Crippen molar-refractivity contribution in [3.8, 4) is 15.8 Å². The molecule has 0 fully saturated rings. The van der Waals surface area contributed by atoms with Crippen LogP contribution >= 0.6 is 22.7 Å². The van der Waals surface area contributed by atoms with Gasteiger partial charge in [-0.2, -0.15) is 0 Å². The lowest BCUT2D eigenvalue weighted by Crippen LogP contribution is -1.95. The van der Waals surface area contributed by atoms with Gasteiger partial charge in [-0.25, -0.2) is 9.97 Å². The lowest BCUT2D eigenvalue weighted by Gasteiger charge is -2.04. The first-order chi connectivity index (χ1) is 14.8. The highest BCUT2D eigenvalue weighted by Gasteiger charge is 2.11. The highest BCUT2D eigenvalue weighted by Crippen LogP contribution is 2.40. The second-order valence-electron chi connectivity index (χ2n) is 8.10. The minimum absolute atomic E-state index is 0.832. The van der Waals surface area contributed by atoms with Gasteiger partial charge in [-0.05, 0) is 30.9 Å². The van der Waals surface area contributed by atoms with E-state index in [9.17, 15) is 0 Å². The molecule has 3 rings (SSSR count). The lowest BCUT2D eigenvalue weighted by atomic mass is 10.1. The van der Waals surface area contributed by atoms with E-state index >= 15 is 0 Å². The Kier molecular flexibility index (Phi) is 10.1. The molecule has 3 aromatic heterocycles. The standard InChI is InChI=1S/C25H36N2OS2/c1-3-5-7-8-9-10-11-12-13-15-28-24-17-22-21(30-24)16-23(29-22)25-26-18-20(19-27-25)14-6-4-2/h16-19H,3-15H2,1-2H3. The molecule has 164 valence electrons. The van der Waals surface area contributed by atoms with Crippen molar-refractivity contribution < 1.29 is 4.74 Å². The van der Waals surface area contributed by atoms with Crippen LogP contribution in [0.3, 0.4) is 0 Å². The number of aryl methyl sites for hydroxylation is 1. The van der Waals surface area contributed by atoms with E-state index in [2.05, 4.69) is 35.9 Å². The fourth-order valence-electron chi connectivity index (χ4n) is 3.57. The van der Waals surface area contributed by atoms with Gasteiger partial charge in [0.05, 0.1) is 11.5 Å². The third-order valence-corrected chi connectivity index (χ3v) is 7.62. The molecule has 0 aliphatic rings. The number of aromatic nitrogens is 2. The van der Waals surface area contributed by atoms with Crippen LogP contribution in [0.15, 0.2) is 24.5 Å². The summed E-state index contributed by atoms with van der Waals surface area (Å²) in [7, 11) is 0. The van der Waals surface area contributed by atoms with E-state index in [4.69, 9.17) is 4.74 Å². The molecular weight excluding hydrogens is 408 g/mol. The zero-order valence-electron chi connectivity index (χ0n) is 18.6. The summed E-state index contributed by atoms with van der Waals surface area (Å²) in [4.78, 5) is 10.3. The van der Waals surface area contributed by atoms with Gasteiger partial charge in [-0.3, -0.25) is 0 Å². The average Bonchev–Trinajstić information content (AvgIpc) is 3.33. The zero-order chi connectivity index (χ0) is 21.0. The van der Waals surface area contributed by atoms with Crippen LogP contribution in [-0.2, 0) is 6.42 Å². The van der Waals surface area contributed by atoms with Crippen molar-refractivity contribution in [1.29, 1.82) is 0 Å². The molecule has 0 aromatic carbocycles. The van der Waals surface area contributed by atoms with Crippen LogP contribution < -0.4 is 4.74 Å². The van der Waals surface area contributed by atoms with Crippen molar-refractivity contribution >= 4 is 32.1 Å². The number of ether oxygens (including phenoxy) is 1. The van der Waals surface area contributed by atoms with Gasteiger partial charge in [0.2, 0.25) is 0 Å². The molecule has 5 heteroatoms. The van der Waals surface area contributed by atoms with Gasteiger partial charge in [0.1, 0.15) is 0 Å². The fourth-order valence-corrected chi connectivity index (χ4v) is 5.78. The smallest absolute Gasteiger partial charge is 0.175 e. The fraction of sp³-hybridized carbons (Fsp3) is 0.600. The first-order valence-electron chi connectivity index (χ1n) is 11.8. The highest BCUT2D eigenvalue weighted by molar-refractivity contribution is 7.30. The Morgan fingerprint density at radius 1 is 0.733 bits per heavy atom. The number of nitrogens with zero attached hydrogens (tertiary/aromatic N) is 2. The van der Waals surface area contributed by atoms with Crippen molar-refractivity contribution in [2.24, 2.45) is 0 Å². The van der Waals surface area contributed by atoms with Gasteiger partial charge in [-0.15, -0.1) is 11.3 Å². The average molecular weight is 445 g/mol. The Morgan fingerprint density at radius 3 is 2.03 bits per heavy atom. The number of thiophene rings is 2. The molecule has 0 N–H and O–H groups in total. The Labute approximate surface area is 189 Å². The maximum Gasteiger partial charge on any atom is 0.175 e. The van der Waals surface area contributed by atoms with Crippen molar-refractivity contribution in [3.63, 3.8) is 0 Å². The van der Waals surface area contributed by atoms with Gasteiger partial charge < -0.3 is 4.74 Å². The molecule has 3 nitrogen and oxygen atoms in total. The molecule has 0 amide bonds. The molecule has 3 heterocycles. The van der Waals surface area contributed by atoms with Gasteiger partial charge in [0.15, 0.2) is 10.9 Å². The van der Waals surface area contributed by atoms with E-state index < -0.39 is 0 Å². The van der Waals surface area contributed by atoms with E-state index in [1.165, 1.54) is 79.2 Å². The van der Waals surface area contributed by atoms with Gasteiger partial charge >= 0.3 is 0 Å². The molecule has 0 bridgehead atoms. The molecule has 0 aliphatic carbocycles. The Balaban J connectivity index is 1.38. The first kappa shape index (κ1) is 23.2. The highest BCUT2D eigenvalue weighted by atomic mass is 32.1. The van der Waals surface area contributed by atoms with Crippen LogP contribution in [-0.4, -0.2) is 16.6 Å². The van der Waals surface area contributed by atoms with Crippen molar-refractivity contribution in [1.82, 2.24) is 9.97 Å². The molecular formula is C25H36N2OS2. The van der Waals surface area contributed by atoms with Crippen molar-refractivity contribution in [2.75, 3.05) is 6.61 Å². The summed E-state index contributed by atoms with van der Waals surface area (Å²) in [5.41, 5.74) is 1.23. The number of rotatable bonds is 15. The maximum atomic E-state index is 6.00. The van der Waals surface area contributed by atoms with Crippen LogP contribution in [0.25, 0.3) is 20.1 Å². The van der Waals surface area contributed by atoms with Crippen LogP contribution in [0.4, 0.5) is 0 Å². The van der Waals surface area contributed by atoms with Crippen LogP contribution in [0.1, 0.15) is 90.0 Å². The van der Waals surface area contributed by atoms with Crippen LogP contribution in [0, 0.1) is 0 Å². The Morgan fingerprint density at radius 2 is 1.37 bits per heavy atom. The van der Waals surface area contributed by atoms with Gasteiger partial charge in [0.25, 0.3) is 0 Å². The molecule has 0 saturated carbocycles. The van der Waals surface area contributed by atoms with E-state index in [0.717, 1.165) is 35.2 Å². The Hall–Kier alpha value is -1.46. The summed E-state index contributed by atoms with van der Waals surface area (Å²) >= 11 is 3.50. The summed E-state index contributed by atoms with van der Waals surface area (Å²) in [6, 6.07) is 4.38. The second kappa shape index (κ2) is 13.1. The van der Waals surface area contributed by atoms with Gasteiger partial charge in [0, 0.05) is 27.9 Å². The van der Waals surface area contributed by atoms with Gasteiger partial charge in [-0.1, -0.05) is 83.0 Å². The summed E-state index contributed by atoms with van der Waals surface area (Å²) in [5.74, 6) is 0.834. The molecule has 0 aliphatic heterocycles. The number of hydrogen-bond acceptors (Lipinski definition) is 5. The molecule has 0 unspecified atom stereocenters. The van der Waals surface area contributed by atoms with Crippen molar-refractivity contribution in [2.45, 2.75) is 90.9 Å². The monoisotopic (exact) mass is 444 g/mol. The summed E-state index contributed by atoms with van der Waals surface area (Å²) in [5, 5.41) is 1.04. The number of unbranched alkanes of at least 4 members (excludes halogenated alkanes) is 9. The summed E-state index contributed by atoms with van der Waals surface area (Å²) < 4.78 is 8.55. The third kappa shape index (κ3) is 7.35. The van der Waals surface area contributed by atoms with E-state index in [1.807, 2.05) is 12.4 Å². The molecule has 0 radical (unpaired) electrons. The van der Waals surface area contributed by atoms with E-state index in [1.54, 1.807) is 22.7 Å². The zero-order valence-corrected chi connectivity index (χ0v) is 20.3. The van der Waals surface area contributed by atoms with Crippen LogP contribution in [0.2, 0.25) is 0 Å². The van der Waals surface area contributed by atoms with E-state index in [0.29, 0.717) is 0 Å². The minimum atomic E-state index is 0.832. The predicted octanol–water partition coefficient (Wildman–Crippen LogP) is 8.67. The molecule has 0 atom stereocenters. The van der Waals surface area contributed by atoms with Crippen LogP contribution in [0.5, 0.6) is 5.06 Å². The molecule has 0 spiro atoms. The van der Waals surface area contributed by atoms with Crippen molar-refractivity contribution in [3.05, 3.63) is 30.1 Å². The predicted molar refractivity (Wildman–Crippen MR) is 132 cm³/mol. The van der Waals surface area contributed by atoms with E-state index in [-0.39, 0.29) is 0 Å². The third-order valence-electron chi connectivity index (χ3n) is 5.42. The SMILES string of the molecule is CCCCCCCCCCCOc1cc2sc(-c3ncc(CCCC)cn3)cc2s1. The molecule has 3 aromatic rings. The lowest BCUT2D eigenvalue weighted by molar-refractivity contribution is 0.313. The second-order valence-corrected chi connectivity index (χ2v) is 10.2. The number of fused-ring (bicyclic) bond motifs is 1. The Bertz CT molecular complexity index is 822. The molecule has 0 saturated heterocycles.